The number of ether oxygens (including phenoxy) is 1. The van der Waals surface area contributed by atoms with Crippen LogP contribution in [0.3, 0.4) is 0 Å². The normalized spacial score (nSPS) is 11.4. The van der Waals surface area contributed by atoms with E-state index in [4.69, 9.17) is 4.74 Å². The van der Waals surface area contributed by atoms with E-state index in [0.717, 1.165) is 5.56 Å². The summed E-state index contributed by atoms with van der Waals surface area (Å²) in [6, 6.07) is 13.1. The third kappa shape index (κ3) is 7.33. The van der Waals surface area contributed by atoms with Crippen LogP contribution in [0.25, 0.3) is 0 Å². The SMILES string of the molecule is CCOCCCNC(=O)[C@H](NC(=O)c1ccc(NC(C)=O)cc1)c1ccc(C)cc1. The van der Waals surface area contributed by atoms with Crippen molar-refractivity contribution in [2.75, 3.05) is 25.1 Å². The van der Waals surface area contributed by atoms with Crippen molar-refractivity contribution in [3.63, 3.8) is 0 Å². The van der Waals surface area contributed by atoms with Gasteiger partial charge in [-0.1, -0.05) is 29.8 Å². The Morgan fingerprint density at radius 3 is 2.27 bits per heavy atom. The maximum Gasteiger partial charge on any atom is 0.252 e. The summed E-state index contributed by atoms with van der Waals surface area (Å²) in [5.74, 6) is -0.842. The summed E-state index contributed by atoms with van der Waals surface area (Å²) < 4.78 is 5.28. The van der Waals surface area contributed by atoms with Gasteiger partial charge in [0, 0.05) is 37.9 Å². The highest BCUT2D eigenvalue weighted by Gasteiger charge is 2.23. The van der Waals surface area contributed by atoms with E-state index in [1.165, 1.54) is 6.92 Å². The molecule has 0 fully saturated rings. The van der Waals surface area contributed by atoms with Crippen LogP contribution in [-0.4, -0.2) is 37.5 Å². The highest BCUT2D eigenvalue weighted by Crippen LogP contribution is 2.16. The van der Waals surface area contributed by atoms with Gasteiger partial charge in [-0.25, -0.2) is 0 Å². The van der Waals surface area contributed by atoms with Gasteiger partial charge >= 0.3 is 0 Å². The molecule has 1 atom stereocenters. The second-order valence-corrected chi connectivity index (χ2v) is 6.92. The summed E-state index contributed by atoms with van der Waals surface area (Å²) in [6.45, 7) is 6.96. The quantitative estimate of drug-likeness (QED) is 0.524. The molecule has 2 aromatic carbocycles. The molecule has 2 rings (SSSR count). The van der Waals surface area contributed by atoms with Crippen molar-refractivity contribution < 1.29 is 19.1 Å². The van der Waals surface area contributed by atoms with Crippen molar-refractivity contribution in [1.82, 2.24) is 10.6 Å². The number of benzene rings is 2. The van der Waals surface area contributed by atoms with Gasteiger partial charge in [-0.2, -0.15) is 0 Å². The van der Waals surface area contributed by atoms with Crippen molar-refractivity contribution in [1.29, 1.82) is 0 Å². The van der Waals surface area contributed by atoms with Gasteiger partial charge in [0.1, 0.15) is 6.04 Å². The maximum absolute atomic E-state index is 12.8. The molecule has 0 aliphatic rings. The molecule has 3 amide bonds. The molecule has 0 aromatic heterocycles. The lowest BCUT2D eigenvalue weighted by Crippen LogP contribution is -2.40. The first-order valence-corrected chi connectivity index (χ1v) is 10.0. The van der Waals surface area contributed by atoms with Crippen molar-refractivity contribution in [2.24, 2.45) is 0 Å². The van der Waals surface area contributed by atoms with E-state index in [0.29, 0.717) is 43.0 Å². The molecule has 0 aliphatic carbocycles. The molecular weight excluding hydrogens is 382 g/mol. The van der Waals surface area contributed by atoms with Crippen LogP contribution in [0.15, 0.2) is 48.5 Å². The van der Waals surface area contributed by atoms with Crippen LogP contribution in [0.1, 0.15) is 47.8 Å². The lowest BCUT2D eigenvalue weighted by molar-refractivity contribution is -0.123. The van der Waals surface area contributed by atoms with Crippen LogP contribution in [0.5, 0.6) is 0 Å². The van der Waals surface area contributed by atoms with Crippen molar-refractivity contribution in [3.8, 4) is 0 Å². The molecule has 2 aromatic rings. The van der Waals surface area contributed by atoms with E-state index < -0.39 is 6.04 Å². The van der Waals surface area contributed by atoms with Gasteiger partial charge in [-0.05, 0) is 50.1 Å². The molecule has 0 aliphatic heterocycles. The fourth-order valence-electron chi connectivity index (χ4n) is 2.81. The Kier molecular flexibility index (Phi) is 9.03. The number of aryl methyl sites for hydroxylation is 1. The number of carbonyl (C=O) groups excluding carboxylic acids is 3. The minimum absolute atomic E-state index is 0.187. The van der Waals surface area contributed by atoms with Crippen molar-refractivity contribution in [2.45, 2.75) is 33.2 Å². The summed E-state index contributed by atoms with van der Waals surface area (Å²) in [5.41, 5.74) is 2.76. The van der Waals surface area contributed by atoms with Crippen molar-refractivity contribution in [3.05, 3.63) is 65.2 Å². The van der Waals surface area contributed by atoms with Crippen LogP contribution in [0.4, 0.5) is 5.69 Å². The lowest BCUT2D eigenvalue weighted by Gasteiger charge is -2.19. The van der Waals surface area contributed by atoms with Gasteiger partial charge in [-0.3, -0.25) is 14.4 Å². The van der Waals surface area contributed by atoms with Crippen LogP contribution in [0.2, 0.25) is 0 Å². The van der Waals surface area contributed by atoms with E-state index in [2.05, 4.69) is 16.0 Å². The van der Waals surface area contributed by atoms with Gasteiger partial charge in [0.05, 0.1) is 0 Å². The number of anilines is 1. The average molecular weight is 412 g/mol. The van der Waals surface area contributed by atoms with E-state index in [1.807, 2.05) is 38.1 Å². The minimum Gasteiger partial charge on any atom is -0.382 e. The highest BCUT2D eigenvalue weighted by molar-refractivity contribution is 5.98. The lowest BCUT2D eigenvalue weighted by atomic mass is 10.0. The summed E-state index contributed by atoms with van der Waals surface area (Å²) in [4.78, 5) is 36.7. The first-order chi connectivity index (χ1) is 14.4. The summed E-state index contributed by atoms with van der Waals surface area (Å²) >= 11 is 0. The van der Waals surface area contributed by atoms with Gasteiger partial charge in [-0.15, -0.1) is 0 Å². The first-order valence-electron chi connectivity index (χ1n) is 10.0. The molecule has 7 heteroatoms. The Hall–Kier alpha value is -3.19. The third-order valence-electron chi connectivity index (χ3n) is 4.38. The molecule has 7 nitrogen and oxygen atoms in total. The zero-order chi connectivity index (χ0) is 21.9. The molecule has 0 bridgehead atoms. The van der Waals surface area contributed by atoms with Crippen LogP contribution >= 0.6 is 0 Å². The predicted molar refractivity (Wildman–Crippen MR) is 116 cm³/mol. The van der Waals surface area contributed by atoms with E-state index in [1.54, 1.807) is 24.3 Å². The molecule has 0 radical (unpaired) electrons. The monoisotopic (exact) mass is 411 g/mol. The fraction of sp³-hybridized carbons (Fsp3) is 0.348. The van der Waals surface area contributed by atoms with Crippen LogP contribution < -0.4 is 16.0 Å². The fourth-order valence-corrected chi connectivity index (χ4v) is 2.81. The summed E-state index contributed by atoms with van der Waals surface area (Å²) in [7, 11) is 0. The Morgan fingerprint density at radius 1 is 1.00 bits per heavy atom. The Bertz CT molecular complexity index is 848. The molecule has 0 heterocycles. The van der Waals surface area contributed by atoms with E-state index in [-0.39, 0.29) is 17.7 Å². The minimum atomic E-state index is -0.819. The number of rotatable bonds is 10. The Morgan fingerprint density at radius 2 is 1.67 bits per heavy atom. The topological polar surface area (TPSA) is 96.5 Å². The van der Waals surface area contributed by atoms with Gasteiger partial charge < -0.3 is 20.7 Å². The largest absolute Gasteiger partial charge is 0.382 e. The number of amides is 3. The van der Waals surface area contributed by atoms with Gasteiger partial charge in [0.2, 0.25) is 11.8 Å². The smallest absolute Gasteiger partial charge is 0.252 e. The average Bonchev–Trinajstić information content (AvgIpc) is 2.72. The highest BCUT2D eigenvalue weighted by atomic mass is 16.5. The first kappa shape index (κ1) is 23.1. The molecule has 160 valence electrons. The molecule has 0 saturated carbocycles. The standard InChI is InChI=1S/C23H29N3O4/c1-4-30-15-5-14-24-23(29)21(18-8-6-16(2)7-9-18)26-22(28)19-10-12-20(13-11-19)25-17(3)27/h6-13,21H,4-5,14-15H2,1-3H3,(H,24,29)(H,25,27)(H,26,28)/t21-/m1/s1. The second-order valence-electron chi connectivity index (χ2n) is 6.92. The summed E-state index contributed by atoms with van der Waals surface area (Å²) in [6.07, 6.45) is 0.693. The number of hydrogen-bond acceptors (Lipinski definition) is 4. The molecule has 30 heavy (non-hydrogen) atoms. The van der Waals surface area contributed by atoms with E-state index in [9.17, 15) is 14.4 Å². The van der Waals surface area contributed by atoms with E-state index >= 15 is 0 Å². The van der Waals surface area contributed by atoms with Crippen LogP contribution in [0, 0.1) is 6.92 Å². The molecule has 0 spiro atoms. The van der Waals surface area contributed by atoms with Gasteiger partial charge in [0.15, 0.2) is 0 Å². The molecule has 0 unspecified atom stereocenters. The third-order valence-corrected chi connectivity index (χ3v) is 4.38. The van der Waals surface area contributed by atoms with Crippen molar-refractivity contribution >= 4 is 23.4 Å². The molecule has 0 saturated heterocycles. The molecule has 3 N–H and O–H groups in total. The van der Waals surface area contributed by atoms with Crippen LogP contribution in [-0.2, 0) is 14.3 Å². The zero-order valence-corrected chi connectivity index (χ0v) is 17.7. The Balaban J connectivity index is 2.09. The molecular formula is C23H29N3O4. The second kappa shape index (κ2) is 11.7. The number of hydrogen-bond donors (Lipinski definition) is 3. The van der Waals surface area contributed by atoms with Gasteiger partial charge in [0.25, 0.3) is 5.91 Å². The maximum atomic E-state index is 12.8. The Labute approximate surface area is 177 Å². The number of nitrogens with one attached hydrogen (secondary N) is 3. The zero-order valence-electron chi connectivity index (χ0n) is 17.7. The number of carbonyl (C=O) groups is 3. The summed E-state index contributed by atoms with van der Waals surface area (Å²) in [5, 5.41) is 8.33. The predicted octanol–water partition coefficient (Wildman–Crippen LogP) is 2.97.